The van der Waals surface area contributed by atoms with Gasteiger partial charge in [-0.3, -0.25) is 14.7 Å². The van der Waals surface area contributed by atoms with Crippen LogP contribution in [0.4, 0.5) is 26.3 Å². The first-order valence-corrected chi connectivity index (χ1v) is 11.3. The van der Waals surface area contributed by atoms with E-state index in [0.29, 0.717) is 18.4 Å². The van der Waals surface area contributed by atoms with Gasteiger partial charge in [0.2, 0.25) is 5.91 Å². The second kappa shape index (κ2) is 13.0. The van der Waals surface area contributed by atoms with Gasteiger partial charge in [-0.1, -0.05) is 6.07 Å². The Hall–Kier alpha value is -2.94. The van der Waals surface area contributed by atoms with E-state index in [1.807, 2.05) is 18.5 Å². The molecule has 0 radical (unpaired) electrons. The second-order valence-corrected chi connectivity index (χ2v) is 8.81. The van der Waals surface area contributed by atoms with Gasteiger partial charge in [0.15, 0.2) is 0 Å². The van der Waals surface area contributed by atoms with Gasteiger partial charge in [-0.25, -0.2) is 9.59 Å². The molecule has 2 aliphatic heterocycles. The third-order valence-electron chi connectivity index (χ3n) is 5.92. The molecule has 1 amide bonds. The van der Waals surface area contributed by atoms with Crippen LogP contribution in [0.1, 0.15) is 24.8 Å². The van der Waals surface area contributed by atoms with Crippen LogP contribution < -0.4 is 5.32 Å². The molecule has 208 valence electrons. The maximum absolute atomic E-state index is 11.8. The molecule has 9 nitrogen and oxygen atoms in total. The summed E-state index contributed by atoms with van der Waals surface area (Å²) in [7, 11) is 0. The molecule has 1 aromatic rings. The second-order valence-electron chi connectivity index (χ2n) is 8.81. The molecule has 3 N–H and O–H groups in total. The monoisotopic (exact) mass is 543 g/mol. The molecule has 4 rings (SSSR count). The molecule has 37 heavy (non-hydrogen) atoms. The molecule has 15 heteroatoms. The number of amides is 1. The number of hydrogen-bond donors (Lipinski definition) is 3. The molecule has 0 bridgehead atoms. The van der Waals surface area contributed by atoms with Gasteiger partial charge in [0.25, 0.3) is 0 Å². The Morgan fingerprint density at radius 1 is 1.05 bits per heavy atom. The molecule has 3 fully saturated rings. The number of piperidine rings is 1. The van der Waals surface area contributed by atoms with Crippen molar-refractivity contribution in [3.8, 4) is 0 Å². The van der Waals surface area contributed by atoms with Crippen molar-refractivity contribution < 1.29 is 55.7 Å². The lowest BCUT2D eigenvalue weighted by molar-refractivity contribution is -0.193. The highest BCUT2D eigenvalue weighted by Crippen LogP contribution is 2.35. The van der Waals surface area contributed by atoms with Crippen molar-refractivity contribution in [2.75, 3.05) is 26.2 Å². The summed E-state index contributed by atoms with van der Waals surface area (Å²) in [6.45, 7) is 4.69. The fourth-order valence-electron chi connectivity index (χ4n) is 3.96. The van der Waals surface area contributed by atoms with Crippen molar-refractivity contribution in [3.63, 3.8) is 0 Å². The zero-order valence-electron chi connectivity index (χ0n) is 19.5. The number of halogens is 6. The molecule has 3 atom stereocenters. The van der Waals surface area contributed by atoms with E-state index in [-0.39, 0.29) is 17.9 Å². The highest BCUT2D eigenvalue weighted by molar-refractivity contribution is 5.80. The number of carboxylic acid groups (broad SMARTS) is 2. The average Bonchev–Trinajstić information content (AvgIpc) is 3.59. The number of nitrogens with zero attached hydrogens (tertiary/aromatic N) is 2. The summed E-state index contributed by atoms with van der Waals surface area (Å²) in [5.41, 5.74) is 1.28. The largest absolute Gasteiger partial charge is 0.490 e. The van der Waals surface area contributed by atoms with Crippen LogP contribution in [0.25, 0.3) is 0 Å². The molecule has 2 saturated heterocycles. The van der Waals surface area contributed by atoms with Crippen LogP contribution in [0.15, 0.2) is 24.5 Å². The Labute approximate surface area is 207 Å². The lowest BCUT2D eigenvalue weighted by Gasteiger charge is -2.35. The Bertz CT molecular complexity index is 886. The molecule has 0 spiro atoms. The molecule has 3 aliphatic rings. The summed E-state index contributed by atoms with van der Waals surface area (Å²) < 4.78 is 69.5. The predicted molar refractivity (Wildman–Crippen MR) is 114 cm³/mol. The van der Waals surface area contributed by atoms with Gasteiger partial charge in [-0.2, -0.15) is 26.3 Å². The lowest BCUT2D eigenvalue weighted by atomic mass is 9.84. The van der Waals surface area contributed by atoms with Gasteiger partial charge >= 0.3 is 24.3 Å². The summed E-state index contributed by atoms with van der Waals surface area (Å²) in [6.07, 6.45) is -2.90. The highest BCUT2D eigenvalue weighted by atomic mass is 19.4. The number of aliphatic carboxylic acids is 2. The van der Waals surface area contributed by atoms with Crippen LogP contribution in [0.3, 0.4) is 0 Å². The smallest absolute Gasteiger partial charge is 0.475 e. The first-order valence-electron chi connectivity index (χ1n) is 11.3. The number of carbonyl (C=O) groups excluding carboxylic acids is 1. The van der Waals surface area contributed by atoms with Gasteiger partial charge in [-0.05, 0) is 43.4 Å². The van der Waals surface area contributed by atoms with Crippen LogP contribution in [-0.2, 0) is 25.7 Å². The van der Waals surface area contributed by atoms with E-state index in [0.717, 1.165) is 45.5 Å². The van der Waals surface area contributed by atoms with E-state index < -0.39 is 24.3 Å². The molecule has 3 heterocycles. The van der Waals surface area contributed by atoms with Crippen molar-refractivity contribution in [2.45, 2.75) is 44.3 Å². The standard InChI is InChI=1S/C18H25N3O2.2C2HF3O2/c22-18(14-3-4-14)20-9-17-16-5-7-21(11-15(16)12-23-17)10-13-2-1-6-19-8-13;2*3-2(4,5)1(6)7/h1-2,6,8,14-17H,3-5,7,9-12H2,(H,20,22);2*(H,6,7)/t15-,16-,17-;;/m0../s1. The Morgan fingerprint density at radius 3 is 2.14 bits per heavy atom. The zero-order chi connectivity index (χ0) is 27.8. The van der Waals surface area contributed by atoms with Gasteiger partial charge in [0.05, 0.1) is 12.7 Å². The summed E-state index contributed by atoms with van der Waals surface area (Å²) >= 11 is 0. The minimum absolute atomic E-state index is 0.211. The number of alkyl halides is 6. The van der Waals surface area contributed by atoms with Gasteiger partial charge in [0, 0.05) is 43.9 Å². The van der Waals surface area contributed by atoms with Crippen LogP contribution in [0.2, 0.25) is 0 Å². The molecular formula is C22H27F6N3O6. The van der Waals surface area contributed by atoms with Crippen molar-refractivity contribution in [1.29, 1.82) is 0 Å². The molecule has 1 aliphatic carbocycles. The van der Waals surface area contributed by atoms with E-state index >= 15 is 0 Å². The third-order valence-corrected chi connectivity index (χ3v) is 5.92. The number of nitrogens with one attached hydrogen (secondary N) is 1. The normalized spacial score (nSPS) is 23.5. The number of likely N-dealkylation sites (tertiary alicyclic amines) is 1. The lowest BCUT2D eigenvalue weighted by Crippen LogP contribution is -2.43. The molecule has 1 saturated carbocycles. The van der Waals surface area contributed by atoms with E-state index in [4.69, 9.17) is 24.5 Å². The first-order chi connectivity index (χ1) is 17.2. The number of hydrogen-bond acceptors (Lipinski definition) is 6. The maximum atomic E-state index is 11.8. The molecule has 1 aromatic heterocycles. The van der Waals surface area contributed by atoms with Gasteiger partial charge < -0.3 is 20.3 Å². The number of ether oxygens (including phenoxy) is 1. The van der Waals surface area contributed by atoms with Crippen molar-refractivity contribution in [1.82, 2.24) is 15.2 Å². The molecular weight excluding hydrogens is 516 g/mol. The Morgan fingerprint density at radius 2 is 1.65 bits per heavy atom. The summed E-state index contributed by atoms with van der Waals surface area (Å²) in [4.78, 5) is 36.3. The fraction of sp³-hybridized carbons (Fsp3) is 0.636. The zero-order valence-corrected chi connectivity index (χ0v) is 19.5. The van der Waals surface area contributed by atoms with Crippen LogP contribution >= 0.6 is 0 Å². The minimum Gasteiger partial charge on any atom is -0.475 e. The van der Waals surface area contributed by atoms with Gasteiger partial charge in [0.1, 0.15) is 0 Å². The fourth-order valence-corrected chi connectivity index (χ4v) is 3.96. The van der Waals surface area contributed by atoms with Crippen LogP contribution in [0, 0.1) is 17.8 Å². The summed E-state index contributed by atoms with van der Waals surface area (Å²) in [6, 6.07) is 4.14. The Balaban J connectivity index is 0.000000286. The van der Waals surface area contributed by atoms with E-state index in [2.05, 4.69) is 21.3 Å². The van der Waals surface area contributed by atoms with Crippen molar-refractivity contribution >= 4 is 17.8 Å². The first kappa shape index (κ1) is 30.3. The number of pyridine rings is 1. The number of fused-ring (bicyclic) bond motifs is 1. The number of carbonyl (C=O) groups is 3. The molecule has 0 aromatic carbocycles. The average molecular weight is 543 g/mol. The summed E-state index contributed by atoms with van der Waals surface area (Å²) in [5.74, 6) is -3.80. The Kier molecular flexibility index (Phi) is 10.7. The van der Waals surface area contributed by atoms with Crippen molar-refractivity contribution in [2.24, 2.45) is 17.8 Å². The summed E-state index contributed by atoms with van der Waals surface area (Å²) in [5, 5.41) is 17.3. The van der Waals surface area contributed by atoms with Crippen LogP contribution in [-0.4, -0.2) is 82.6 Å². The number of carboxylic acids is 2. The topological polar surface area (TPSA) is 129 Å². The third kappa shape index (κ3) is 10.5. The highest BCUT2D eigenvalue weighted by Gasteiger charge is 2.41. The van der Waals surface area contributed by atoms with Crippen LogP contribution in [0.5, 0.6) is 0 Å². The maximum Gasteiger partial charge on any atom is 0.490 e. The van der Waals surface area contributed by atoms with Crippen molar-refractivity contribution in [3.05, 3.63) is 30.1 Å². The van der Waals surface area contributed by atoms with E-state index in [1.165, 1.54) is 5.56 Å². The van der Waals surface area contributed by atoms with E-state index in [1.54, 1.807) is 0 Å². The molecule has 0 unspecified atom stereocenters. The number of rotatable bonds is 5. The van der Waals surface area contributed by atoms with E-state index in [9.17, 15) is 31.1 Å². The number of aromatic nitrogens is 1. The quantitative estimate of drug-likeness (QED) is 0.484. The predicted octanol–water partition coefficient (Wildman–Crippen LogP) is 2.71. The minimum atomic E-state index is -5.08. The van der Waals surface area contributed by atoms with Gasteiger partial charge in [-0.15, -0.1) is 0 Å². The SMILES string of the molecule is O=C(NC[C@@H]1OC[C@@H]2CN(Cc3cccnc3)CC[C@@H]21)C1CC1.O=C(O)C(F)(F)F.O=C(O)C(F)(F)F.